The molecule has 4 nitrogen and oxygen atoms in total. The fourth-order valence-corrected chi connectivity index (χ4v) is 1.87. The van der Waals surface area contributed by atoms with Crippen molar-refractivity contribution in [1.29, 1.82) is 0 Å². The predicted octanol–water partition coefficient (Wildman–Crippen LogP) is 2.48. The molecule has 1 heterocycles. The number of hydrazone groups is 1. The van der Waals surface area contributed by atoms with E-state index in [-0.39, 0.29) is 5.91 Å². The molecule has 5 heteroatoms. The van der Waals surface area contributed by atoms with Gasteiger partial charge in [0.15, 0.2) is 0 Å². The zero-order valence-electron chi connectivity index (χ0n) is 10.5. The number of hydrogen-bond donors (Lipinski definition) is 1. The second-order valence-electron chi connectivity index (χ2n) is 4.14. The van der Waals surface area contributed by atoms with Crippen molar-refractivity contribution in [3.63, 3.8) is 0 Å². The van der Waals surface area contributed by atoms with Gasteiger partial charge in [0.05, 0.1) is 18.3 Å². The number of nitrogens with zero attached hydrogens (tertiary/aromatic N) is 2. The van der Waals surface area contributed by atoms with E-state index in [1.807, 2.05) is 54.2 Å². The van der Waals surface area contributed by atoms with Gasteiger partial charge in [-0.2, -0.15) is 5.10 Å². The summed E-state index contributed by atoms with van der Waals surface area (Å²) in [4.78, 5) is 11.7. The minimum atomic E-state index is -0.132. The third kappa shape index (κ3) is 4.06. The SMILES string of the molecule is Cn1cccc1/C=N/NC(=O)Cc1ccc(Br)cc1. The lowest BCUT2D eigenvalue weighted by Gasteiger charge is -2.01. The van der Waals surface area contributed by atoms with Crippen molar-refractivity contribution in [2.24, 2.45) is 12.1 Å². The lowest BCUT2D eigenvalue weighted by molar-refractivity contribution is -0.120. The molecule has 0 atom stereocenters. The minimum Gasteiger partial charge on any atom is -0.350 e. The smallest absolute Gasteiger partial charge is 0.244 e. The summed E-state index contributed by atoms with van der Waals surface area (Å²) in [6.45, 7) is 0. The molecule has 1 aromatic carbocycles. The summed E-state index contributed by atoms with van der Waals surface area (Å²) in [6.07, 6.45) is 3.86. The van der Waals surface area contributed by atoms with Gasteiger partial charge in [0.25, 0.3) is 0 Å². The minimum absolute atomic E-state index is 0.132. The van der Waals surface area contributed by atoms with Crippen LogP contribution < -0.4 is 5.43 Å². The van der Waals surface area contributed by atoms with Crippen LogP contribution >= 0.6 is 15.9 Å². The standard InChI is InChI=1S/C14H14BrN3O/c1-18-8-2-3-13(18)10-16-17-14(19)9-11-4-6-12(15)7-5-11/h2-8,10H,9H2,1H3,(H,17,19)/b16-10+. The Hall–Kier alpha value is -1.88. The summed E-state index contributed by atoms with van der Waals surface area (Å²) in [6, 6.07) is 11.5. The van der Waals surface area contributed by atoms with Gasteiger partial charge in [0.2, 0.25) is 5.91 Å². The fourth-order valence-electron chi connectivity index (χ4n) is 1.61. The van der Waals surface area contributed by atoms with E-state index in [1.54, 1.807) is 6.21 Å². The van der Waals surface area contributed by atoms with Crippen LogP contribution in [0.1, 0.15) is 11.3 Å². The molecule has 2 rings (SSSR count). The van der Waals surface area contributed by atoms with E-state index < -0.39 is 0 Å². The van der Waals surface area contributed by atoms with Gasteiger partial charge >= 0.3 is 0 Å². The summed E-state index contributed by atoms with van der Waals surface area (Å²) >= 11 is 3.36. The monoisotopic (exact) mass is 319 g/mol. The van der Waals surface area contributed by atoms with E-state index in [0.29, 0.717) is 6.42 Å². The zero-order chi connectivity index (χ0) is 13.7. The molecule has 0 radical (unpaired) electrons. The van der Waals surface area contributed by atoms with Gasteiger partial charge in [-0.3, -0.25) is 4.79 Å². The molecule has 0 aliphatic rings. The Morgan fingerprint density at radius 3 is 2.74 bits per heavy atom. The lowest BCUT2D eigenvalue weighted by Crippen LogP contribution is -2.19. The van der Waals surface area contributed by atoms with Gasteiger partial charge in [0, 0.05) is 17.7 Å². The molecular weight excluding hydrogens is 306 g/mol. The molecule has 0 fully saturated rings. The molecule has 0 saturated heterocycles. The molecule has 1 amide bonds. The van der Waals surface area contributed by atoms with Crippen molar-refractivity contribution in [2.75, 3.05) is 0 Å². The number of nitrogens with one attached hydrogen (secondary N) is 1. The zero-order valence-corrected chi connectivity index (χ0v) is 12.1. The number of benzene rings is 1. The highest BCUT2D eigenvalue weighted by Crippen LogP contribution is 2.10. The molecule has 19 heavy (non-hydrogen) atoms. The number of halogens is 1. The van der Waals surface area contributed by atoms with Crippen molar-refractivity contribution in [3.8, 4) is 0 Å². The van der Waals surface area contributed by atoms with Crippen LogP contribution in [0.3, 0.4) is 0 Å². The number of carbonyl (C=O) groups excluding carboxylic acids is 1. The van der Waals surface area contributed by atoms with Crippen LogP contribution in [0.2, 0.25) is 0 Å². The van der Waals surface area contributed by atoms with Crippen molar-refractivity contribution in [2.45, 2.75) is 6.42 Å². The normalized spacial score (nSPS) is 10.8. The van der Waals surface area contributed by atoms with Gasteiger partial charge < -0.3 is 4.57 Å². The molecule has 0 bridgehead atoms. The highest BCUT2D eigenvalue weighted by atomic mass is 79.9. The van der Waals surface area contributed by atoms with Gasteiger partial charge in [-0.05, 0) is 29.8 Å². The van der Waals surface area contributed by atoms with Crippen molar-refractivity contribution in [1.82, 2.24) is 9.99 Å². The maximum absolute atomic E-state index is 11.7. The van der Waals surface area contributed by atoms with Crippen LogP contribution in [0.25, 0.3) is 0 Å². The van der Waals surface area contributed by atoms with Gasteiger partial charge in [-0.15, -0.1) is 0 Å². The van der Waals surface area contributed by atoms with E-state index in [1.165, 1.54) is 0 Å². The average Bonchev–Trinajstić information content (AvgIpc) is 2.78. The van der Waals surface area contributed by atoms with E-state index in [2.05, 4.69) is 26.5 Å². The molecule has 2 aromatic rings. The van der Waals surface area contributed by atoms with Crippen LogP contribution in [0.15, 0.2) is 52.2 Å². The van der Waals surface area contributed by atoms with Gasteiger partial charge in [-0.1, -0.05) is 28.1 Å². The number of aromatic nitrogens is 1. The second-order valence-corrected chi connectivity index (χ2v) is 5.06. The maximum atomic E-state index is 11.7. The second kappa shape index (κ2) is 6.33. The Bertz CT molecular complexity index is 587. The average molecular weight is 320 g/mol. The summed E-state index contributed by atoms with van der Waals surface area (Å²) in [5.41, 5.74) is 4.40. The first-order chi connectivity index (χ1) is 9.15. The molecule has 0 spiro atoms. The Morgan fingerprint density at radius 1 is 1.37 bits per heavy atom. The predicted molar refractivity (Wildman–Crippen MR) is 79.0 cm³/mol. The molecule has 0 aliphatic heterocycles. The van der Waals surface area contributed by atoms with Crippen molar-refractivity contribution >= 4 is 28.1 Å². The summed E-state index contributed by atoms with van der Waals surface area (Å²) in [5, 5.41) is 3.93. The molecule has 1 aromatic heterocycles. The molecule has 0 saturated carbocycles. The number of carbonyl (C=O) groups is 1. The Balaban J connectivity index is 1.86. The topological polar surface area (TPSA) is 46.4 Å². The molecule has 1 N–H and O–H groups in total. The van der Waals surface area contributed by atoms with E-state index in [4.69, 9.17) is 0 Å². The largest absolute Gasteiger partial charge is 0.350 e. The van der Waals surface area contributed by atoms with Crippen LogP contribution in [0.4, 0.5) is 0 Å². The van der Waals surface area contributed by atoms with E-state index in [0.717, 1.165) is 15.7 Å². The molecule has 98 valence electrons. The number of aryl methyl sites for hydroxylation is 1. The van der Waals surface area contributed by atoms with E-state index in [9.17, 15) is 4.79 Å². The van der Waals surface area contributed by atoms with Gasteiger partial charge in [0.1, 0.15) is 0 Å². The quantitative estimate of drug-likeness (QED) is 0.683. The van der Waals surface area contributed by atoms with Crippen LogP contribution in [-0.2, 0) is 18.3 Å². The van der Waals surface area contributed by atoms with Crippen LogP contribution in [0, 0.1) is 0 Å². The molecular formula is C14H14BrN3O. The highest BCUT2D eigenvalue weighted by Gasteiger charge is 2.01. The summed E-state index contributed by atoms with van der Waals surface area (Å²) < 4.78 is 2.92. The van der Waals surface area contributed by atoms with E-state index >= 15 is 0 Å². The van der Waals surface area contributed by atoms with Gasteiger partial charge in [-0.25, -0.2) is 5.43 Å². The first-order valence-corrected chi connectivity index (χ1v) is 6.62. The number of amides is 1. The number of hydrogen-bond acceptors (Lipinski definition) is 2. The summed E-state index contributed by atoms with van der Waals surface area (Å²) in [7, 11) is 1.92. The third-order valence-corrected chi connectivity index (χ3v) is 3.18. The van der Waals surface area contributed by atoms with Crippen LogP contribution in [0.5, 0.6) is 0 Å². The Morgan fingerprint density at radius 2 is 2.11 bits per heavy atom. The Kier molecular flexibility index (Phi) is 4.52. The third-order valence-electron chi connectivity index (χ3n) is 2.65. The fraction of sp³-hybridized carbons (Fsp3) is 0.143. The van der Waals surface area contributed by atoms with Crippen LogP contribution in [-0.4, -0.2) is 16.7 Å². The molecule has 0 aliphatic carbocycles. The highest BCUT2D eigenvalue weighted by molar-refractivity contribution is 9.10. The first kappa shape index (κ1) is 13.5. The maximum Gasteiger partial charge on any atom is 0.244 e. The van der Waals surface area contributed by atoms with Crippen molar-refractivity contribution in [3.05, 3.63) is 58.3 Å². The number of rotatable bonds is 4. The lowest BCUT2D eigenvalue weighted by atomic mass is 10.1. The molecule has 0 unspecified atom stereocenters. The summed E-state index contributed by atoms with van der Waals surface area (Å²) in [5.74, 6) is -0.132. The Labute approximate surface area is 120 Å². The van der Waals surface area contributed by atoms with Crippen molar-refractivity contribution < 1.29 is 4.79 Å². The first-order valence-electron chi connectivity index (χ1n) is 5.83.